The first-order chi connectivity index (χ1) is 49.8. The van der Waals surface area contributed by atoms with Crippen molar-refractivity contribution in [3.8, 4) is 11.1 Å². The quantitative estimate of drug-likeness (QED) is 0.0251. The highest BCUT2D eigenvalue weighted by atomic mass is 35.5. The molecule has 10 rings (SSSR count). The van der Waals surface area contributed by atoms with Crippen molar-refractivity contribution in [3.05, 3.63) is 200 Å². The van der Waals surface area contributed by atoms with Gasteiger partial charge in [0.2, 0.25) is 11.8 Å². The van der Waals surface area contributed by atoms with Gasteiger partial charge in [-0.05, 0) is 166 Å². The molecular weight excluding hydrogens is 1390 g/mol. The van der Waals surface area contributed by atoms with Crippen LogP contribution in [0.25, 0.3) is 11.1 Å². The first-order valence-electron chi connectivity index (χ1n) is 36.3. The monoisotopic (exact) mass is 1480 g/mol. The van der Waals surface area contributed by atoms with E-state index in [2.05, 4.69) is 64.2 Å². The van der Waals surface area contributed by atoms with Crippen LogP contribution in [-0.2, 0) is 87.3 Å². The van der Waals surface area contributed by atoms with E-state index >= 15 is 0 Å². The lowest BCUT2D eigenvalue weighted by atomic mass is 9.72. The summed E-state index contributed by atoms with van der Waals surface area (Å²) >= 11 is 12.7. The number of hydrogen-bond acceptors (Lipinski definition) is 12. The minimum absolute atomic E-state index is 0.00261. The van der Waals surface area contributed by atoms with Crippen molar-refractivity contribution in [2.24, 2.45) is 0 Å². The molecule has 0 aromatic heterocycles. The molecule has 3 heterocycles. The maximum atomic E-state index is 13.8. The molecule has 15 nitrogen and oxygen atoms in total. The van der Waals surface area contributed by atoms with Gasteiger partial charge in [-0.3, -0.25) is 24.0 Å². The standard InChI is InChI=1S/C41H55N3O5.C40H43Cl2F6N3O4/c1-4-29-48-40(46)30-33-18-20-34(21-19-33)32-42(2)24-12-6-9-17-39(45)43(3)27-28-44-25-22-37(23-26-44)49-41(47)31-36-15-10-11-16-38(36)35-13-7-5-8-14-35;1-3-13-49(2)35(52)24-54-34-21-26-6-4-5-7-31(26)37(34)10-14-50(15-11-37)16-12-38(28-8-9-32(41)33(42)23-28)25-51(17-18-55-38)36(53)27-19-29(39(43,44)45)22-30(20-27)40(46,47)48/h5,7-8,10-11,13-16,18-21,37H,4,6,9,12,17,22-32H2,1-3H3;4-9,19-20,22-23,34H,3,10-18,21,24-25H2,1-2H3/t;34-,38-/m.0/s1. The number of benzene rings is 6. The van der Waals surface area contributed by atoms with Gasteiger partial charge in [0.1, 0.15) is 18.3 Å². The molecule has 0 radical (unpaired) electrons. The highest BCUT2D eigenvalue weighted by molar-refractivity contribution is 6.42. The molecule has 104 heavy (non-hydrogen) atoms. The second-order valence-corrected chi connectivity index (χ2v) is 28.8. The van der Waals surface area contributed by atoms with Crippen molar-refractivity contribution >= 4 is 52.9 Å². The van der Waals surface area contributed by atoms with E-state index in [9.17, 15) is 50.3 Å². The number of ether oxygens (including phenoxy) is 4. The fourth-order valence-electron chi connectivity index (χ4n) is 14.5. The van der Waals surface area contributed by atoms with Gasteiger partial charge in [0, 0.05) is 83.9 Å². The summed E-state index contributed by atoms with van der Waals surface area (Å²) in [4.78, 5) is 75.7. The first kappa shape index (κ1) is 80.7. The molecule has 3 aliphatic heterocycles. The summed E-state index contributed by atoms with van der Waals surface area (Å²) in [5.74, 6) is -1.19. The number of rotatable bonds is 29. The van der Waals surface area contributed by atoms with Gasteiger partial charge in [-0.15, -0.1) is 0 Å². The van der Waals surface area contributed by atoms with E-state index in [1.165, 1.54) is 21.6 Å². The number of hydrogen-bond donors (Lipinski definition) is 0. The molecule has 3 saturated heterocycles. The number of carbonyl (C=O) groups excluding carboxylic acids is 5. The number of morpholine rings is 1. The van der Waals surface area contributed by atoms with Gasteiger partial charge < -0.3 is 48.3 Å². The molecule has 0 N–H and O–H groups in total. The van der Waals surface area contributed by atoms with Crippen LogP contribution < -0.4 is 0 Å². The van der Waals surface area contributed by atoms with Crippen LogP contribution in [-0.4, -0.2) is 184 Å². The molecule has 1 spiro atoms. The third-order valence-electron chi connectivity index (χ3n) is 20.5. The van der Waals surface area contributed by atoms with Gasteiger partial charge in [0.05, 0.1) is 59.9 Å². The van der Waals surface area contributed by atoms with Gasteiger partial charge in [-0.1, -0.05) is 153 Å². The van der Waals surface area contributed by atoms with Crippen LogP contribution in [0.5, 0.6) is 0 Å². The molecule has 0 bridgehead atoms. The van der Waals surface area contributed by atoms with Gasteiger partial charge in [0.15, 0.2) is 0 Å². The summed E-state index contributed by atoms with van der Waals surface area (Å²) in [5, 5.41) is 0.505. The summed E-state index contributed by atoms with van der Waals surface area (Å²) in [6, 6.07) is 40.4. The van der Waals surface area contributed by atoms with E-state index in [1.807, 2.05) is 86.5 Å². The van der Waals surface area contributed by atoms with Crippen LogP contribution in [0.1, 0.15) is 139 Å². The summed E-state index contributed by atoms with van der Waals surface area (Å²) in [6.45, 7) is 11.9. The second kappa shape index (κ2) is 37.7. The third-order valence-corrected chi connectivity index (χ3v) is 21.2. The normalized spacial score (nSPS) is 17.8. The molecule has 0 saturated carbocycles. The number of likely N-dealkylation sites (N-methyl/N-ethyl adjacent to an activating group) is 2. The smallest absolute Gasteiger partial charge is 0.416 e. The Hall–Kier alpha value is -7.37. The summed E-state index contributed by atoms with van der Waals surface area (Å²) in [6.07, 6.45) is -0.446. The highest BCUT2D eigenvalue weighted by Gasteiger charge is 2.50. The van der Waals surface area contributed by atoms with Crippen molar-refractivity contribution in [3.63, 3.8) is 0 Å². The van der Waals surface area contributed by atoms with Crippen molar-refractivity contribution in [1.82, 2.24) is 29.4 Å². The fourth-order valence-corrected chi connectivity index (χ4v) is 14.8. The lowest BCUT2D eigenvalue weighted by Crippen LogP contribution is -2.54. The number of halogens is 8. The van der Waals surface area contributed by atoms with Crippen LogP contribution >= 0.6 is 23.2 Å². The molecule has 4 aliphatic rings. The Labute approximate surface area is 618 Å². The van der Waals surface area contributed by atoms with E-state index in [1.54, 1.807) is 30.1 Å². The lowest BCUT2D eigenvalue weighted by molar-refractivity contribution is -0.150. The zero-order valence-electron chi connectivity index (χ0n) is 60.3. The Bertz CT molecular complexity index is 3780. The van der Waals surface area contributed by atoms with E-state index in [4.69, 9.17) is 42.1 Å². The first-order valence-corrected chi connectivity index (χ1v) is 37.1. The van der Waals surface area contributed by atoms with E-state index < -0.39 is 40.6 Å². The van der Waals surface area contributed by atoms with E-state index in [0.29, 0.717) is 82.7 Å². The van der Waals surface area contributed by atoms with Crippen LogP contribution in [0, 0.1) is 0 Å². The molecule has 3 fully saturated rings. The highest BCUT2D eigenvalue weighted by Crippen LogP contribution is 2.49. The number of likely N-dealkylation sites (tertiary alicyclic amines) is 2. The summed E-state index contributed by atoms with van der Waals surface area (Å²) < 4.78 is 106. The second-order valence-electron chi connectivity index (χ2n) is 28.0. The maximum Gasteiger partial charge on any atom is 0.416 e. The SMILES string of the molecule is CCCN(C)C(=O)CO[C@H]1Cc2ccccc2C12CCN(CC[C@@]1(c3ccc(Cl)c(Cl)c3)CN(C(=O)c3cc(C(F)(F)F)cc(C(F)(F)F)c3)CCO1)CC2.CCCOC(=O)Cc1ccc(CN(C)CCCCCC(=O)N(C)CCN2CCC(OC(=O)Cc3ccccc3-c3ccccc3)CC2)cc1. The average Bonchev–Trinajstić information content (AvgIpc) is 1.56. The average molecular weight is 1480 g/mol. The molecule has 3 amide bonds. The Kier molecular flexibility index (Phi) is 29.3. The number of unbranched alkanes of at least 4 members (excludes halogenated alkanes) is 2. The predicted molar refractivity (Wildman–Crippen MR) is 391 cm³/mol. The van der Waals surface area contributed by atoms with Crippen LogP contribution in [0.3, 0.4) is 0 Å². The number of piperidine rings is 2. The molecule has 0 unspecified atom stereocenters. The lowest BCUT2D eigenvalue weighted by Gasteiger charge is -2.46. The van der Waals surface area contributed by atoms with Crippen LogP contribution in [0.4, 0.5) is 26.3 Å². The van der Waals surface area contributed by atoms with E-state index in [0.717, 1.165) is 113 Å². The predicted octanol–water partition coefficient (Wildman–Crippen LogP) is 15.2. The Morgan fingerprint density at radius 3 is 1.97 bits per heavy atom. The molecule has 23 heteroatoms. The molecule has 6 aromatic rings. The third kappa shape index (κ3) is 22.4. The molecule has 562 valence electrons. The Morgan fingerprint density at radius 1 is 0.635 bits per heavy atom. The molecular formula is C81H98Cl2F6N6O9. The number of fused-ring (bicyclic) bond motifs is 2. The number of amides is 3. The maximum absolute atomic E-state index is 13.8. The van der Waals surface area contributed by atoms with Crippen molar-refractivity contribution in [2.45, 2.75) is 146 Å². The largest absolute Gasteiger partial charge is 0.465 e. The molecule has 2 atom stereocenters. The fraction of sp³-hybridized carbons (Fsp3) is 0.494. The summed E-state index contributed by atoms with van der Waals surface area (Å²) in [7, 11) is 5.79. The van der Waals surface area contributed by atoms with Crippen LogP contribution in [0.15, 0.2) is 140 Å². The van der Waals surface area contributed by atoms with Gasteiger partial charge in [-0.25, -0.2) is 0 Å². The van der Waals surface area contributed by atoms with Crippen molar-refractivity contribution < 1.29 is 69.3 Å². The summed E-state index contributed by atoms with van der Waals surface area (Å²) in [5.41, 5.74) is 3.01. The minimum atomic E-state index is -5.10. The van der Waals surface area contributed by atoms with Gasteiger partial charge >= 0.3 is 24.3 Å². The van der Waals surface area contributed by atoms with Crippen LogP contribution in [0.2, 0.25) is 10.0 Å². The number of nitrogens with zero attached hydrogens (tertiary/aromatic N) is 6. The Balaban J connectivity index is 0.000000243. The zero-order chi connectivity index (χ0) is 74.6. The minimum Gasteiger partial charge on any atom is -0.465 e. The van der Waals surface area contributed by atoms with E-state index in [-0.39, 0.29) is 90.2 Å². The molecule has 1 aliphatic carbocycles. The number of alkyl halides is 6. The van der Waals surface area contributed by atoms with Crippen molar-refractivity contribution in [1.29, 1.82) is 0 Å². The topological polar surface area (TPSA) is 142 Å². The number of esters is 2. The number of carbonyl (C=O) groups is 5. The van der Waals surface area contributed by atoms with Crippen molar-refractivity contribution in [2.75, 3.05) is 113 Å². The van der Waals surface area contributed by atoms with Gasteiger partial charge in [-0.2, -0.15) is 26.3 Å². The zero-order valence-corrected chi connectivity index (χ0v) is 61.8. The molecule has 6 aromatic carbocycles. The Morgan fingerprint density at radius 2 is 1.29 bits per heavy atom. The van der Waals surface area contributed by atoms with Gasteiger partial charge in [0.25, 0.3) is 5.91 Å².